The maximum Gasteiger partial charge on any atom is 0.306 e. The van der Waals surface area contributed by atoms with Gasteiger partial charge in [-0.05, 0) is 103 Å². The van der Waals surface area contributed by atoms with E-state index < -0.39 is 6.10 Å². The van der Waals surface area contributed by atoms with Crippen molar-refractivity contribution in [2.45, 2.75) is 297 Å². The van der Waals surface area contributed by atoms with Gasteiger partial charge >= 0.3 is 17.9 Å². The quantitative estimate of drug-likeness (QED) is 0.0262. The average Bonchev–Trinajstić information content (AvgIpc) is 3.33. The van der Waals surface area contributed by atoms with Crippen LogP contribution in [0, 0.1) is 0 Å². The molecule has 0 aromatic carbocycles. The first kappa shape index (κ1) is 64.1. The number of unbranched alkanes of at least 4 members (excludes halogenated alkanes) is 31. The van der Waals surface area contributed by atoms with Crippen LogP contribution in [-0.4, -0.2) is 37.2 Å². The lowest BCUT2D eigenvalue weighted by atomic mass is 10.1. The van der Waals surface area contributed by atoms with Gasteiger partial charge in [-0.15, -0.1) is 0 Å². The highest BCUT2D eigenvalue weighted by molar-refractivity contribution is 5.71. The van der Waals surface area contributed by atoms with Crippen molar-refractivity contribution in [2.24, 2.45) is 0 Å². The number of carbonyl (C=O) groups is 3. The molecule has 0 aliphatic carbocycles. The fraction of sp³-hybridized carbons (Fsp3) is 0.787. The Balaban J connectivity index is 4.40. The minimum Gasteiger partial charge on any atom is -0.462 e. The topological polar surface area (TPSA) is 78.9 Å². The minimum absolute atomic E-state index is 0.0836. The monoisotopic (exact) mass is 937 g/mol. The summed E-state index contributed by atoms with van der Waals surface area (Å²) in [5.41, 5.74) is 0. The second-order valence-electron chi connectivity index (χ2n) is 19.2. The number of hydrogen-bond donors (Lipinski definition) is 0. The third kappa shape index (κ3) is 53.9. The molecule has 0 radical (unpaired) electrons. The summed E-state index contributed by atoms with van der Waals surface area (Å²) < 4.78 is 16.9. The summed E-state index contributed by atoms with van der Waals surface area (Å²) in [5.74, 6) is -0.899. The highest BCUT2D eigenvalue weighted by atomic mass is 16.6. The van der Waals surface area contributed by atoms with Gasteiger partial charge < -0.3 is 14.2 Å². The van der Waals surface area contributed by atoms with Crippen LogP contribution in [0.2, 0.25) is 0 Å². The van der Waals surface area contributed by atoms with Crippen molar-refractivity contribution in [3.8, 4) is 0 Å². The summed E-state index contributed by atoms with van der Waals surface area (Å²) in [7, 11) is 0. The maximum atomic E-state index is 12.8. The molecule has 0 saturated carbocycles. The zero-order valence-corrected chi connectivity index (χ0v) is 44.4. The number of hydrogen-bond acceptors (Lipinski definition) is 6. The highest BCUT2D eigenvalue weighted by Gasteiger charge is 2.19. The van der Waals surface area contributed by atoms with Crippen molar-refractivity contribution in [3.63, 3.8) is 0 Å². The van der Waals surface area contributed by atoms with Crippen LogP contribution in [0.5, 0.6) is 0 Å². The van der Waals surface area contributed by atoms with E-state index in [2.05, 4.69) is 81.5 Å². The van der Waals surface area contributed by atoms with Gasteiger partial charge in [0.2, 0.25) is 0 Å². The molecule has 0 aliphatic heterocycles. The summed E-state index contributed by atoms with van der Waals surface area (Å²) in [6, 6.07) is 0. The van der Waals surface area contributed by atoms with Crippen LogP contribution in [0.4, 0.5) is 0 Å². The van der Waals surface area contributed by atoms with Gasteiger partial charge in [0, 0.05) is 19.3 Å². The summed E-state index contributed by atoms with van der Waals surface area (Å²) in [5, 5.41) is 0. The van der Waals surface area contributed by atoms with Crippen molar-refractivity contribution in [1.82, 2.24) is 0 Å². The van der Waals surface area contributed by atoms with E-state index in [1.165, 1.54) is 154 Å². The molecule has 0 spiro atoms. The van der Waals surface area contributed by atoms with E-state index >= 15 is 0 Å². The Morgan fingerprint density at radius 3 is 0.940 bits per heavy atom. The molecule has 1 atom stereocenters. The van der Waals surface area contributed by atoms with Crippen LogP contribution in [0.25, 0.3) is 0 Å². The van der Waals surface area contributed by atoms with Crippen molar-refractivity contribution < 1.29 is 28.6 Å². The van der Waals surface area contributed by atoms with Gasteiger partial charge in [0.15, 0.2) is 6.10 Å². The standard InChI is InChI=1S/C61H108O6/c1-4-7-10-13-16-19-22-25-28-30-31-34-36-39-42-45-48-51-54-60(63)66-57-58(56-65-59(62)53-50-47-44-41-38-35-32-27-24-21-18-15-12-9-6-3)67-61(64)55-52-49-46-43-40-37-33-29-26-23-20-17-14-11-8-5-2/h8,11,17,20-21,24,26,29,31,34,58H,4-7,9-10,12-16,18-19,22-23,25,27-28,30,32-33,35-57H2,1-3H3/b11-8-,20-17-,24-21-,29-26-,34-31-. The molecule has 0 heterocycles. The Bertz CT molecular complexity index is 1210. The van der Waals surface area contributed by atoms with Gasteiger partial charge in [-0.2, -0.15) is 0 Å². The normalized spacial score (nSPS) is 12.5. The van der Waals surface area contributed by atoms with E-state index in [0.717, 1.165) is 96.3 Å². The molecule has 0 saturated heterocycles. The molecule has 388 valence electrons. The van der Waals surface area contributed by atoms with Gasteiger partial charge in [0.1, 0.15) is 13.2 Å². The fourth-order valence-electron chi connectivity index (χ4n) is 8.15. The predicted molar refractivity (Wildman–Crippen MR) is 288 cm³/mol. The highest BCUT2D eigenvalue weighted by Crippen LogP contribution is 2.15. The third-order valence-electron chi connectivity index (χ3n) is 12.5. The smallest absolute Gasteiger partial charge is 0.306 e. The summed E-state index contributed by atoms with van der Waals surface area (Å²) in [6.45, 7) is 6.52. The Labute approximate surface area is 415 Å². The first-order valence-electron chi connectivity index (χ1n) is 28.8. The summed E-state index contributed by atoms with van der Waals surface area (Å²) in [6.07, 6.45) is 69.2. The molecule has 0 amide bonds. The SMILES string of the molecule is CC/C=C\C/C=C\C/C=C\CCCCCCCCC(=O)OC(COC(=O)CCCCCCC/C=C\CCCCCCCCCCC)COC(=O)CCCCCCCCC/C=C\CCCCCC. The molecule has 0 aromatic heterocycles. The van der Waals surface area contributed by atoms with Gasteiger partial charge in [0.25, 0.3) is 0 Å². The van der Waals surface area contributed by atoms with Crippen LogP contribution < -0.4 is 0 Å². The van der Waals surface area contributed by atoms with E-state index in [1.54, 1.807) is 0 Å². The molecule has 0 fully saturated rings. The number of ether oxygens (including phenoxy) is 3. The molecular weight excluding hydrogens is 829 g/mol. The van der Waals surface area contributed by atoms with Crippen molar-refractivity contribution in [1.29, 1.82) is 0 Å². The molecule has 6 nitrogen and oxygen atoms in total. The van der Waals surface area contributed by atoms with E-state index in [0.29, 0.717) is 19.3 Å². The van der Waals surface area contributed by atoms with E-state index in [4.69, 9.17) is 14.2 Å². The van der Waals surface area contributed by atoms with E-state index in [1.807, 2.05) is 0 Å². The molecule has 0 rings (SSSR count). The number of esters is 3. The molecule has 67 heavy (non-hydrogen) atoms. The average molecular weight is 938 g/mol. The lowest BCUT2D eigenvalue weighted by Gasteiger charge is -2.18. The van der Waals surface area contributed by atoms with Crippen molar-refractivity contribution in [2.75, 3.05) is 13.2 Å². The largest absolute Gasteiger partial charge is 0.462 e. The number of rotatable bonds is 52. The molecule has 0 aliphatic rings. The fourth-order valence-corrected chi connectivity index (χ4v) is 8.15. The predicted octanol–water partition coefficient (Wildman–Crippen LogP) is 19.2. The first-order valence-corrected chi connectivity index (χ1v) is 28.8. The summed E-state index contributed by atoms with van der Waals surface area (Å²) >= 11 is 0. The van der Waals surface area contributed by atoms with Crippen LogP contribution >= 0.6 is 0 Å². The minimum atomic E-state index is -0.786. The van der Waals surface area contributed by atoms with E-state index in [9.17, 15) is 14.4 Å². The lowest BCUT2D eigenvalue weighted by molar-refractivity contribution is -0.167. The van der Waals surface area contributed by atoms with Crippen molar-refractivity contribution >= 4 is 17.9 Å². The lowest BCUT2D eigenvalue weighted by Crippen LogP contribution is -2.30. The van der Waals surface area contributed by atoms with Crippen LogP contribution in [-0.2, 0) is 28.6 Å². The molecule has 0 bridgehead atoms. The van der Waals surface area contributed by atoms with Crippen LogP contribution in [0.3, 0.4) is 0 Å². The molecule has 1 unspecified atom stereocenters. The van der Waals surface area contributed by atoms with Gasteiger partial charge in [-0.3, -0.25) is 14.4 Å². The number of carbonyl (C=O) groups excluding carboxylic acids is 3. The maximum absolute atomic E-state index is 12.8. The molecule has 0 aromatic rings. The number of allylic oxidation sites excluding steroid dienone is 10. The van der Waals surface area contributed by atoms with Crippen LogP contribution in [0.1, 0.15) is 290 Å². The molecule has 0 N–H and O–H groups in total. The van der Waals surface area contributed by atoms with Gasteiger partial charge in [-0.1, -0.05) is 229 Å². The second kappa shape index (κ2) is 55.7. The second-order valence-corrected chi connectivity index (χ2v) is 19.2. The van der Waals surface area contributed by atoms with Crippen molar-refractivity contribution in [3.05, 3.63) is 60.8 Å². The molecule has 6 heteroatoms. The Hall–Kier alpha value is -2.89. The zero-order valence-electron chi connectivity index (χ0n) is 44.4. The Morgan fingerprint density at radius 1 is 0.313 bits per heavy atom. The Kier molecular flexibility index (Phi) is 53.3. The zero-order chi connectivity index (χ0) is 48.6. The van der Waals surface area contributed by atoms with Gasteiger partial charge in [0.05, 0.1) is 0 Å². The Morgan fingerprint density at radius 2 is 0.582 bits per heavy atom. The van der Waals surface area contributed by atoms with E-state index in [-0.39, 0.29) is 31.1 Å². The third-order valence-corrected chi connectivity index (χ3v) is 12.5. The first-order chi connectivity index (χ1) is 33.0. The molecular formula is C61H108O6. The van der Waals surface area contributed by atoms with Gasteiger partial charge in [-0.25, -0.2) is 0 Å². The summed E-state index contributed by atoms with van der Waals surface area (Å²) in [4.78, 5) is 38.1. The van der Waals surface area contributed by atoms with Crippen LogP contribution in [0.15, 0.2) is 60.8 Å².